The van der Waals surface area contributed by atoms with Crippen LogP contribution in [0.3, 0.4) is 0 Å². The van der Waals surface area contributed by atoms with E-state index in [1.54, 1.807) is 24.5 Å². The summed E-state index contributed by atoms with van der Waals surface area (Å²) in [7, 11) is 0. The Morgan fingerprint density at radius 1 is 0.929 bits per heavy atom. The number of aromatic nitrogens is 3. The average molecular weight is 387 g/mol. The molecule has 0 saturated heterocycles. The number of hydrogen-bond acceptors (Lipinski definition) is 5. The summed E-state index contributed by atoms with van der Waals surface area (Å²) in [4.78, 5) is 12.9. The van der Waals surface area contributed by atoms with Crippen LogP contribution in [0.4, 0.5) is 30.6 Å². The van der Waals surface area contributed by atoms with Crippen LogP contribution in [0.25, 0.3) is 11.3 Å². The molecular formula is C20H20F3N5. The molecule has 8 heteroatoms. The lowest BCUT2D eigenvalue weighted by Crippen LogP contribution is -2.27. The number of nitrogens with zero attached hydrogens (tertiary/aromatic N) is 3. The highest BCUT2D eigenvalue weighted by atomic mass is 19.4. The first kappa shape index (κ1) is 19.6. The molecule has 0 saturated carbocycles. The van der Waals surface area contributed by atoms with Crippen LogP contribution in [0.2, 0.25) is 0 Å². The number of anilines is 3. The molecule has 0 bridgehead atoms. The Bertz CT molecular complexity index is 950. The van der Waals surface area contributed by atoms with Crippen LogP contribution in [0.5, 0.6) is 0 Å². The second kappa shape index (κ2) is 7.46. The Balaban J connectivity index is 2.05. The zero-order chi connectivity index (χ0) is 20.4. The van der Waals surface area contributed by atoms with Gasteiger partial charge in [0.05, 0.1) is 16.9 Å². The first-order valence-electron chi connectivity index (χ1n) is 8.63. The van der Waals surface area contributed by atoms with E-state index in [0.717, 1.165) is 11.6 Å². The number of halogens is 3. The molecule has 0 fully saturated rings. The van der Waals surface area contributed by atoms with Crippen molar-refractivity contribution in [2.24, 2.45) is 0 Å². The number of hydrogen-bond donors (Lipinski definition) is 2. The highest BCUT2D eigenvalue weighted by Gasteiger charge is 2.33. The van der Waals surface area contributed by atoms with Gasteiger partial charge in [0.25, 0.3) is 0 Å². The van der Waals surface area contributed by atoms with Crippen molar-refractivity contribution in [3.8, 4) is 11.3 Å². The van der Waals surface area contributed by atoms with Gasteiger partial charge in [-0.1, -0.05) is 12.1 Å². The van der Waals surface area contributed by atoms with Gasteiger partial charge in [-0.15, -0.1) is 0 Å². The monoisotopic (exact) mass is 387 g/mol. The lowest BCUT2D eigenvalue weighted by atomic mass is 10.1. The summed E-state index contributed by atoms with van der Waals surface area (Å²) in [6, 6.07) is 10.5. The topological polar surface area (TPSA) is 62.7 Å². The number of benzene rings is 1. The summed E-state index contributed by atoms with van der Waals surface area (Å²) in [5.41, 5.74) is 0.111. The number of para-hydroxylation sites is 1. The molecule has 0 unspecified atom stereocenters. The smallest absolute Gasteiger partial charge is 0.350 e. The molecule has 0 aliphatic carbocycles. The van der Waals surface area contributed by atoms with Crippen molar-refractivity contribution >= 4 is 17.5 Å². The summed E-state index contributed by atoms with van der Waals surface area (Å²) in [6.07, 6.45) is -1.20. The Labute approximate surface area is 161 Å². The summed E-state index contributed by atoms with van der Waals surface area (Å²) < 4.78 is 39.9. The van der Waals surface area contributed by atoms with E-state index in [1.807, 2.05) is 26.8 Å². The average Bonchev–Trinajstić information content (AvgIpc) is 2.60. The van der Waals surface area contributed by atoms with Gasteiger partial charge in [0, 0.05) is 29.6 Å². The van der Waals surface area contributed by atoms with E-state index >= 15 is 0 Å². The molecule has 0 aliphatic heterocycles. The third-order valence-corrected chi connectivity index (χ3v) is 3.67. The SMILES string of the molecule is CC(C)(C)Nc1nc(Nc2ccccc2C(F)(F)F)cc(-c2cccnc2)n1. The predicted octanol–water partition coefficient (Wildman–Crippen LogP) is 5.51. The third kappa shape index (κ3) is 4.97. The van der Waals surface area contributed by atoms with E-state index in [1.165, 1.54) is 18.2 Å². The van der Waals surface area contributed by atoms with Gasteiger partial charge in [0.2, 0.25) is 5.95 Å². The Hall–Kier alpha value is -3.16. The fraction of sp³-hybridized carbons (Fsp3) is 0.250. The molecule has 3 aromatic rings. The van der Waals surface area contributed by atoms with Crippen LogP contribution < -0.4 is 10.6 Å². The van der Waals surface area contributed by atoms with Gasteiger partial charge >= 0.3 is 6.18 Å². The third-order valence-electron chi connectivity index (χ3n) is 3.67. The largest absolute Gasteiger partial charge is 0.418 e. The first-order valence-corrected chi connectivity index (χ1v) is 8.63. The maximum atomic E-state index is 13.3. The molecule has 5 nitrogen and oxygen atoms in total. The number of alkyl halides is 3. The summed E-state index contributed by atoms with van der Waals surface area (Å²) in [6.45, 7) is 5.83. The van der Waals surface area contributed by atoms with Gasteiger partial charge in [-0.2, -0.15) is 18.2 Å². The quantitative estimate of drug-likeness (QED) is 0.618. The lowest BCUT2D eigenvalue weighted by molar-refractivity contribution is -0.136. The van der Waals surface area contributed by atoms with Gasteiger partial charge in [-0.05, 0) is 45.0 Å². The molecule has 0 amide bonds. The van der Waals surface area contributed by atoms with Crippen LogP contribution >= 0.6 is 0 Å². The van der Waals surface area contributed by atoms with E-state index < -0.39 is 11.7 Å². The summed E-state index contributed by atoms with van der Waals surface area (Å²) in [5.74, 6) is 0.554. The minimum atomic E-state index is -4.48. The van der Waals surface area contributed by atoms with E-state index in [0.29, 0.717) is 11.6 Å². The van der Waals surface area contributed by atoms with Crippen LogP contribution in [0.1, 0.15) is 26.3 Å². The molecule has 146 valence electrons. The van der Waals surface area contributed by atoms with Crippen LogP contribution in [0.15, 0.2) is 54.9 Å². The van der Waals surface area contributed by atoms with Crippen LogP contribution in [0, 0.1) is 0 Å². The zero-order valence-electron chi connectivity index (χ0n) is 15.7. The minimum absolute atomic E-state index is 0.0763. The fourth-order valence-corrected chi connectivity index (χ4v) is 2.54. The van der Waals surface area contributed by atoms with Crippen molar-refractivity contribution < 1.29 is 13.2 Å². The highest BCUT2D eigenvalue weighted by Crippen LogP contribution is 2.36. The van der Waals surface area contributed by atoms with Gasteiger partial charge in [-0.25, -0.2) is 4.98 Å². The van der Waals surface area contributed by atoms with Crippen molar-refractivity contribution in [1.82, 2.24) is 15.0 Å². The fourth-order valence-electron chi connectivity index (χ4n) is 2.54. The molecule has 2 heterocycles. The first-order chi connectivity index (χ1) is 13.1. The number of rotatable bonds is 4. The van der Waals surface area contributed by atoms with Gasteiger partial charge < -0.3 is 10.6 Å². The van der Waals surface area contributed by atoms with Crippen molar-refractivity contribution in [2.75, 3.05) is 10.6 Å². The van der Waals surface area contributed by atoms with Crippen LogP contribution in [-0.2, 0) is 6.18 Å². The molecule has 0 radical (unpaired) electrons. The normalized spacial score (nSPS) is 11.9. The van der Waals surface area contributed by atoms with E-state index in [-0.39, 0.29) is 17.0 Å². The maximum Gasteiger partial charge on any atom is 0.418 e. The minimum Gasteiger partial charge on any atom is -0.350 e. The molecule has 0 spiro atoms. The second-order valence-electron chi connectivity index (χ2n) is 7.25. The molecular weight excluding hydrogens is 367 g/mol. The molecule has 0 atom stereocenters. The van der Waals surface area contributed by atoms with E-state index in [4.69, 9.17) is 0 Å². The van der Waals surface area contributed by atoms with Crippen molar-refractivity contribution in [3.05, 3.63) is 60.4 Å². The van der Waals surface area contributed by atoms with Gasteiger partial charge in [-0.3, -0.25) is 4.98 Å². The second-order valence-corrected chi connectivity index (χ2v) is 7.25. The molecule has 2 N–H and O–H groups in total. The number of pyridine rings is 1. The highest BCUT2D eigenvalue weighted by molar-refractivity contribution is 5.68. The predicted molar refractivity (Wildman–Crippen MR) is 103 cm³/mol. The molecule has 1 aromatic carbocycles. The Morgan fingerprint density at radius 3 is 2.32 bits per heavy atom. The number of nitrogens with one attached hydrogen (secondary N) is 2. The molecule has 3 rings (SSSR count). The molecule has 0 aliphatic rings. The van der Waals surface area contributed by atoms with E-state index in [9.17, 15) is 13.2 Å². The molecule has 2 aromatic heterocycles. The lowest BCUT2D eigenvalue weighted by Gasteiger charge is -2.21. The Kier molecular flexibility index (Phi) is 5.22. The van der Waals surface area contributed by atoms with Gasteiger partial charge in [0.15, 0.2) is 0 Å². The standard InChI is InChI=1S/C20H20F3N5/c1-19(2,3)28-18-26-16(13-7-6-10-24-12-13)11-17(27-18)25-15-9-5-4-8-14(15)20(21,22)23/h4-12H,1-3H3,(H2,25,26,27,28). The summed E-state index contributed by atoms with van der Waals surface area (Å²) >= 11 is 0. The summed E-state index contributed by atoms with van der Waals surface area (Å²) in [5, 5.41) is 5.94. The van der Waals surface area contributed by atoms with Crippen LogP contribution in [-0.4, -0.2) is 20.5 Å². The molecule has 28 heavy (non-hydrogen) atoms. The zero-order valence-corrected chi connectivity index (χ0v) is 15.7. The Morgan fingerprint density at radius 2 is 1.68 bits per heavy atom. The van der Waals surface area contributed by atoms with Crippen molar-refractivity contribution in [2.45, 2.75) is 32.5 Å². The maximum absolute atomic E-state index is 13.3. The van der Waals surface area contributed by atoms with Crippen molar-refractivity contribution in [3.63, 3.8) is 0 Å². The van der Waals surface area contributed by atoms with Crippen molar-refractivity contribution in [1.29, 1.82) is 0 Å². The van der Waals surface area contributed by atoms with E-state index in [2.05, 4.69) is 25.6 Å². The van der Waals surface area contributed by atoms with Gasteiger partial charge in [0.1, 0.15) is 5.82 Å².